The number of benzene rings is 1. The van der Waals surface area contributed by atoms with Gasteiger partial charge in [0.05, 0.1) is 7.11 Å². The molecule has 1 saturated heterocycles. The predicted octanol–water partition coefficient (Wildman–Crippen LogP) is 3.05. The van der Waals surface area contributed by atoms with Gasteiger partial charge >= 0.3 is 0 Å². The number of methoxy groups -OCH3 is 1. The minimum atomic E-state index is -0.287. The summed E-state index contributed by atoms with van der Waals surface area (Å²) in [6.45, 7) is 7.38. The first-order chi connectivity index (χ1) is 9.63. The molecule has 0 aromatic heterocycles. The third-order valence-electron chi connectivity index (χ3n) is 4.03. The fourth-order valence-electron chi connectivity index (χ4n) is 2.75. The normalized spacial score (nSPS) is 24.1. The van der Waals surface area contributed by atoms with Crippen LogP contribution in [0.1, 0.15) is 26.7 Å². The van der Waals surface area contributed by atoms with Crippen LogP contribution in [0.4, 0.5) is 10.1 Å². The first-order valence-electron chi connectivity index (χ1n) is 7.46. The first-order valence-corrected chi connectivity index (χ1v) is 7.46. The lowest BCUT2D eigenvalue weighted by Gasteiger charge is -2.33. The largest absolute Gasteiger partial charge is 0.494 e. The second-order valence-electron chi connectivity index (χ2n) is 5.67. The van der Waals surface area contributed by atoms with Crippen molar-refractivity contribution in [2.75, 3.05) is 31.6 Å². The van der Waals surface area contributed by atoms with Crippen LogP contribution < -0.4 is 15.0 Å². The molecule has 1 aliphatic rings. The summed E-state index contributed by atoms with van der Waals surface area (Å²) in [4.78, 5) is 2.29. The van der Waals surface area contributed by atoms with Crippen LogP contribution in [0.15, 0.2) is 18.2 Å². The summed E-state index contributed by atoms with van der Waals surface area (Å²) < 4.78 is 18.8. The van der Waals surface area contributed by atoms with Gasteiger partial charge in [0.25, 0.3) is 0 Å². The maximum Gasteiger partial charge on any atom is 0.167 e. The quantitative estimate of drug-likeness (QED) is 0.921. The molecule has 1 aromatic carbocycles. The van der Waals surface area contributed by atoms with Crippen molar-refractivity contribution in [3.63, 3.8) is 0 Å². The van der Waals surface area contributed by atoms with E-state index in [1.165, 1.54) is 7.11 Å². The van der Waals surface area contributed by atoms with Gasteiger partial charge in [-0.15, -0.1) is 0 Å². The molecule has 0 aliphatic carbocycles. The Morgan fingerprint density at radius 1 is 1.45 bits per heavy atom. The van der Waals surface area contributed by atoms with Gasteiger partial charge in [0.2, 0.25) is 0 Å². The van der Waals surface area contributed by atoms with Gasteiger partial charge in [-0.1, -0.05) is 13.8 Å². The molecule has 0 saturated carbocycles. The predicted molar refractivity (Wildman–Crippen MR) is 81.0 cm³/mol. The van der Waals surface area contributed by atoms with Crippen LogP contribution in [-0.4, -0.2) is 32.8 Å². The van der Waals surface area contributed by atoms with Crippen LogP contribution in [-0.2, 0) is 0 Å². The number of halogens is 1. The van der Waals surface area contributed by atoms with Crippen molar-refractivity contribution >= 4 is 5.69 Å². The molecule has 20 heavy (non-hydrogen) atoms. The highest BCUT2D eigenvalue weighted by atomic mass is 19.1. The Kier molecular flexibility index (Phi) is 5.24. The van der Waals surface area contributed by atoms with Crippen LogP contribution in [0, 0.1) is 11.7 Å². The molecule has 2 rings (SSSR count). The summed E-state index contributed by atoms with van der Waals surface area (Å²) in [6, 6.07) is 5.80. The van der Waals surface area contributed by atoms with Crippen LogP contribution in [0.2, 0.25) is 0 Å². The third-order valence-corrected chi connectivity index (χ3v) is 4.03. The highest BCUT2D eigenvalue weighted by Crippen LogP contribution is 2.25. The number of nitrogens with zero attached hydrogens (tertiary/aromatic N) is 1. The summed E-state index contributed by atoms with van der Waals surface area (Å²) in [5.41, 5.74) is 0.951. The zero-order chi connectivity index (χ0) is 14.5. The molecule has 1 aromatic rings. The molecular formula is C16H25FN2O. The number of hydrogen-bond donors (Lipinski definition) is 1. The van der Waals surface area contributed by atoms with E-state index >= 15 is 0 Å². The number of hydrogen-bond acceptors (Lipinski definition) is 3. The fourth-order valence-corrected chi connectivity index (χ4v) is 2.75. The van der Waals surface area contributed by atoms with E-state index in [1.54, 1.807) is 12.1 Å². The number of rotatable bonds is 3. The average molecular weight is 280 g/mol. The average Bonchev–Trinajstić information content (AvgIpc) is 2.43. The van der Waals surface area contributed by atoms with E-state index in [9.17, 15) is 4.39 Å². The lowest BCUT2D eigenvalue weighted by molar-refractivity contribution is 0.382. The van der Waals surface area contributed by atoms with Gasteiger partial charge in [0.15, 0.2) is 11.6 Å². The van der Waals surface area contributed by atoms with E-state index < -0.39 is 0 Å². The molecule has 0 radical (unpaired) electrons. The van der Waals surface area contributed by atoms with Gasteiger partial charge in [0.1, 0.15) is 0 Å². The van der Waals surface area contributed by atoms with E-state index in [4.69, 9.17) is 4.74 Å². The molecule has 1 aliphatic heterocycles. The van der Waals surface area contributed by atoms with Crippen molar-refractivity contribution in [1.82, 2.24) is 5.32 Å². The minimum absolute atomic E-state index is 0.287. The van der Waals surface area contributed by atoms with E-state index in [0.29, 0.717) is 17.7 Å². The molecule has 2 unspecified atom stereocenters. The first kappa shape index (κ1) is 15.1. The molecule has 112 valence electrons. The molecule has 1 heterocycles. The Balaban J connectivity index is 2.14. The molecular weight excluding hydrogens is 255 g/mol. The molecule has 3 nitrogen and oxygen atoms in total. The second-order valence-corrected chi connectivity index (χ2v) is 5.67. The Morgan fingerprint density at radius 3 is 2.90 bits per heavy atom. The van der Waals surface area contributed by atoms with Gasteiger partial charge in [0, 0.05) is 30.9 Å². The zero-order valence-electron chi connectivity index (χ0n) is 12.7. The van der Waals surface area contributed by atoms with E-state index in [2.05, 4.69) is 24.1 Å². The SMILES string of the molecule is CCC1CCN(c2ccc(OC)c(F)c2)CC(C)CN1. The van der Waals surface area contributed by atoms with Gasteiger partial charge in [-0.25, -0.2) is 4.39 Å². The fraction of sp³-hybridized carbons (Fsp3) is 0.625. The zero-order valence-corrected chi connectivity index (χ0v) is 12.7. The third kappa shape index (κ3) is 3.63. The molecule has 0 bridgehead atoms. The number of anilines is 1. The Morgan fingerprint density at radius 2 is 2.25 bits per heavy atom. The van der Waals surface area contributed by atoms with Crippen LogP contribution in [0.25, 0.3) is 0 Å². The van der Waals surface area contributed by atoms with Crippen LogP contribution in [0.3, 0.4) is 0 Å². The summed E-state index contributed by atoms with van der Waals surface area (Å²) in [5, 5.41) is 3.60. The molecule has 4 heteroatoms. The van der Waals surface area contributed by atoms with Crippen molar-refractivity contribution in [2.24, 2.45) is 5.92 Å². The maximum atomic E-state index is 13.9. The van der Waals surface area contributed by atoms with Crippen LogP contribution >= 0.6 is 0 Å². The van der Waals surface area contributed by atoms with E-state index in [0.717, 1.165) is 38.2 Å². The van der Waals surface area contributed by atoms with Crippen molar-refractivity contribution in [3.05, 3.63) is 24.0 Å². The standard InChI is InChI=1S/C16H25FN2O/c1-4-13-7-8-19(11-12(2)10-18-13)14-5-6-16(20-3)15(17)9-14/h5-6,9,12-13,18H,4,7-8,10-11H2,1-3H3. The highest BCUT2D eigenvalue weighted by Gasteiger charge is 2.19. The summed E-state index contributed by atoms with van der Waals surface area (Å²) in [6.07, 6.45) is 2.23. The van der Waals surface area contributed by atoms with Gasteiger partial charge in [-0.3, -0.25) is 0 Å². The Hall–Kier alpha value is -1.29. The second kappa shape index (κ2) is 6.93. The molecule has 1 N–H and O–H groups in total. The number of nitrogens with one attached hydrogen (secondary N) is 1. The molecule has 1 fully saturated rings. The van der Waals surface area contributed by atoms with Crippen molar-refractivity contribution in [2.45, 2.75) is 32.7 Å². The van der Waals surface area contributed by atoms with Gasteiger partial charge in [-0.2, -0.15) is 0 Å². The lowest BCUT2D eigenvalue weighted by Crippen LogP contribution is -2.43. The van der Waals surface area contributed by atoms with Crippen molar-refractivity contribution in [3.8, 4) is 5.75 Å². The molecule has 0 amide bonds. The molecule has 0 spiro atoms. The summed E-state index contributed by atoms with van der Waals surface area (Å²) >= 11 is 0. The topological polar surface area (TPSA) is 24.5 Å². The Labute approximate surface area is 121 Å². The van der Waals surface area contributed by atoms with Gasteiger partial charge in [-0.05, 0) is 37.4 Å². The highest BCUT2D eigenvalue weighted by molar-refractivity contribution is 5.50. The lowest BCUT2D eigenvalue weighted by atomic mass is 10.0. The maximum absolute atomic E-state index is 13.9. The number of ether oxygens (including phenoxy) is 1. The van der Waals surface area contributed by atoms with Gasteiger partial charge < -0.3 is 15.0 Å². The minimum Gasteiger partial charge on any atom is -0.494 e. The van der Waals surface area contributed by atoms with E-state index in [1.807, 2.05) is 6.07 Å². The molecule has 2 atom stereocenters. The summed E-state index contributed by atoms with van der Waals surface area (Å²) in [5.74, 6) is 0.571. The Bertz CT molecular complexity index is 438. The summed E-state index contributed by atoms with van der Waals surface area (Å²) in [7, 11) is 1.49. The smallest absolute Gasteiger partial charge is 0.167 e. The monoisotopic (exact) mass is 280 g/mol. The van der Waals surface area contributed by atoms with Crippen LogP contribution in [0.5, 0.6) is 5.75 Å². The van der Waals surface area contributed by atoms with Crippen molar-refractivity contribution < 1.29 is 9.13 Å². The van der Waals surface area contributed by atoms with Crippen molar-refractivity contribution in [1.29, 1.82) is 0 Å². The van der Waals surface area contributed by atoms with E-state index in [-0.39, 0.29) is 5.82 Å².